The van der Waals surface area contributed by atoms with Gasteiger partial charge in [0, 0.05) is 34.5 Å². The highest BCUT2D eigenvalue weighted by atomic mass is 32.1. The highest BCUT2D eigenvalue weighted by Crippen LogP contribution is 2.40. The minimum absolute atomic E-state index is 0.0465. The van der Waals surface area contributed by atoms with E-state index in [1.807, 2.05) is 114 Å². The zero-order valence-corrected chi connectivity index (χ0v) is 40.2. The van der Waals surface area contributed by atoms with E-state index in [-0.39, 0.29) is 25.4 Å². The van der Waals surface area contributed by atoms with Crippen molar-refractivity contribution in [3.05, 3.63) is 117 Å². The Labute approximate surface area is 396 Å². The van der Waals surface area contributed by atoms with E-state index in [1.165, 1.54) is 11.1 Å². The number of hydrogen-bond donors (Lipinski definition) is 4. The van der Waals surface area contributed by atoms with Gasteiger partial charge in [0.2, 0.25) is 11.8 Å². The number of nitrogens with one attached hydrogen (secondary N) is 2. The number of carbonyl (C=O) groups excluding carboxylic acids is 3. The van der Waals surface area contributed by atoms with Gasteiger partial charge in [-0.3, -0.25) is 33.7 Å². The van der Waals surface area contributed by atoms with Crippen LogP contribution in [0.2, 0.25) is 0 Å². The summed E-state index contributed by atoms with van der Waals surface area (Å²) in [5, 5.41) is 35.8. The monoisotopic (exact) mass is 943 g/mol. The van der Waals surface area contributed by atoms with Crippen LogP contribution in [-0.4, -0.2) is 101 Å². The number of carboxylic acid groups (broad SMARTS) is 1. The first-order valence-electron chi connectivity index (χ1n) is 22.0. The molecule has 67 heavy (non-hydrogen) atoms. The molecule has 1 fully saturated rings. The van der Waals surface area contributed by atoms with Gasteiger partial charge in [0.15, 0.2) is 12.4 Å². The Balaban J connectivity index is 0.902. The number of aliphatic hydroxyl groups excluding tert-OH is 1. The maximum atomic E-state index is 14.2. The number of aliphatic hydroxyl groups is 1. The lowest BCUT2D eigenvalue weighted by atomic mass is 9.85. The lowest BCUT2D eigenvalue weighted by Gasteiger charge is -2.35. The molecule has 2 aromatic carbocycles. The minimum atomic E-state index is -1.03. The van der Waals surface area contributed by atoms with Crippen LogP contribution in [0.25, 0.3) is 26.7 Å². The largest absolute Gasteiger partial charge is 0.482 e. The average molecular weight is 944 g/mol. The van der Waals surface area contributed by atoms with E-state index in [4.69, 9.17) is 9.73 Å². The highest BCUT2D eigenvalue weighted by molar-refractivity contribution is 7.15. The number of aromatic nitrogens is 5. The van der Waals surface area contributed by atoms with E-state index in [0.29, 0.717) is 28.8 Å². The molecule has 0 radical (unpaired) electrons. The molecule has 8 rings (SSSR count). The fourth-order valence-corrected chi connectivity index (χ4v) is 10.5. The molecule has 18 heteroatoms. The second-order valence-electron chi connectivity index (χ2n) is 18.1. The van der Waals surface area contributed by atoms with Gasteiger partial charge in [-0.25, -0.2) is 4.98 Å². The number of thiophene rings is 1. The number of rotatable bonds is 13. The third-order valence-electron chi connectivity index (χ3n) is 12.2. The van der Waals surface area contributed by atoms with Crippen LogP contribution in [-0.2, 0) is 19.2 Å². The molecule has 0 unspecified atom stereocenters. The number of hydrogen-bond acceptors (Lipinski definition) is 13. The van der Waals surface area contributed by atoms with E-state index in [9.17, 15) is 29.4 Å². The summed E-state index contributed by atoms with van der Waals surface area (Å²) >= 11 is 3.17. The zero-order valence-electron chi connectivity index (χ0n) is 38.5. The van der Waals surface area contributed by atoms with Crippen molar-refractivity contribution in [3.8, 4) is 32.4 Å². The normalized spacial score (nSPS) is 17.7. The fourth-order valence-electron chi connectivity index (χ4n) is 8.49. The summed E-state index contributed by atoms with van der Waals surface area (Å²) in [5.74, 6) is -0.904. The zero-order chi connectivity index (χ0) is 47.9. The molecule has 0 spiro atoms. The highest BCUT2D eigenvalue weighted by Gasteiger charge is 2.45. The first-order chi connectivity index (χ1) is 31.9. The van der Waals surface area contributed by atoms with Gasteiger partial charge >= 0.3 is 5.97 Å². The summed E-state index contributed by atoms with van der Waals surface area (Å²) in [4.78, 5) is 70.8. The van der Waals surface area contributed by atoms with Crippen LogP contribution in [0.1, 0.15) is 97.1 Å². The summed E-state index contributed by atoms with van der Waals surface area (Å²) in [6.45, 7) is 14.8. The van der Waals surface area contributed by atoms with Crippen molar-refractivity contribution in [1.29, 1.82) is 0 Å². The maximum absolute atomic E-state index is 14.2. The second-order valence-corrected chi connectivity index (χ2v) is 20.2. The molecule has 2 aliphatic rings. The molecule has 348 valence electrons. The fraction of sp³-hybridized carbons (Fsp3) is 0.367. The predicted molar refractivity (Wildman–Crippen MR) is 256 cm³/mol. The number of carboxylic acids is 1. The van der Waals surface area contributed by atoms with Gasteiger partial charge in [-0.2, -0.15) is 0 Å². The van der Waals surface area contributed by atoms with Crippen molar-refractivity contribution in [2.75, 3.05) is 13.2 Å². The average Bonchev–Trinajstić information content (AvgIpc) is 4.06. The van der Waals surface area contributed by atoms with Crippen LogP contribution in [0, 0.1) is 33.1 Å². The number of carbonyl (C=O) groups is 4. The molecule has 4 aromatic heterocycles. The van der Waals surface area contributed by atoms with E-state index < -0.39 is 59.9 Å². The lowest BCUT2D eigenvalue weighted by molar-refractivity contribution is -0.144. The third-order valence-corrected chi connectivity index (χ3v) is 14.4. The standard InChI is InChI=1S/C49H53N9O7S2/c1-25-28(4)67-48-41(25)42(53-37(20-40(61)62)45-56-55-29(5)58(45)48)32-13-11-31(12-14-32)36-18-17-35(21-50-36)65-23-39(60)54-44(49(6,7)8)47(64)57-22-34(59)19-38(57)46(63)52-26(2)30-9-15-33(16-10-30)43-27(3)51-24-66-43/h9-18,21,24,26,34,37-38,44,59H,19-20,22-23H2,1-8H3,(H,52,63)(H,54,60)(H,61,62)/t26-,34+,37-,38-,44+/m0/s1. The minimum Gasteiger partial charge on any atom is -0.482 e. The van der Waals surface area contributed by atoms with Gasteiger partial charge < -0.3 is 30.5 Å². The Bertz CT molecular complexity index is 2860. The van der Waals surface area contributed by atoms with Gasteiger partial charge in [0.05, 0.1) is 52.3 Å². The molecular formula is C49H53N9O7S2. The van der Waals surface area contributed by atoms with E-state index in [1.54, 1.807) is 34.8 Å². The second kappa shape index (κ2) is 18.9. The van der Waals surface area contributed by atoms with Crippen LogP contribution < -0.4 is 15.4 Å². The van der Waals surface area contributed by atoms with Crippen LogP contribution in [0.15, 0.2) is 77.4 Å². The van der Waals surface area contributed by atoms with Crippen LogP contribution in [0.5, 0.6) is 5.75 Å². The number of thiazole rings is 1. The van der Waals surface area contributed by atoms with Crippen molar-refractivity contribution in [1.82, 2.24) is 40.3 Å². The quantitative estimate of drug-likeness (QED) is 0.0939. The SMILES string of the molecule is Cc1ncsc1-c1ccc([C@H](C)NC(=O)[C@@H]2C[C@@H](O)CN2C(=O)[C@@H](NC(=O)COc2ccc(-c3ccc(C4=N[C@@H](CC(=O)O)c5nnc(C)n5-c5sc(C)c(C)c54)cc3)nc2)C(C)(C)C)cc1. The molecule has 6 aromatic rings. The predicted octanol–water partition coefficient (Wildman–Crippen LogP) is 6.86. The van der Waals surface area contributed by atoms with Gasteiger partial charge in [0.1, 0.15) is 34.7 Å². The molecule has 2 aliphatic heterocycles. The van der Waals surface area contributed by atoms with E-state index >= 15 is 0 Å². The molecular weight excluding hydrogens is 891 g/mol. The smallest absolute Gasteiger partial charge is 0.306 e. The number of likely N-dealkylation sites (tertiary alicyclic amines) is 1. The Morgan fingerprint density at radius 3 is 2.25 bits per heavy atom. The van der Waals surface area contributed by atoms with Crippen molar-refractivity contribution >= 4 is 52.1 Å². The van der Waals surface area contributed by atoms with Crippen molar-refractivity contribution < 1.29 is 34.1 Å². The molecule has 3 amide bonds. The van der Waals surface area contributed by atoms with Crippen LogP contribution in [0.3, 0.4) is 0 Å². The number of nitrogens with zero attached hydrogens (tertiary/aromatic N) is 7. The maximum Gasteiger partial charge on any atom is 0.306 e. The number of aryl methyl sites for hydroxylation is 3. The van der Waals surface area contributed by atoms with Crippen molar-refractivity contribution in [2.24, 2.45) is 10.4 Å². The first kappa shape index (κ1) is 46.9. The molecule has 0 aliphatic carbocycles. The summed E-state index contributed by atoms with van der Waals surface area (Å²) in [6.07, 6.45) is 0.442. The van der Waals surface area contributed by atoms with Gasteiger partial charge in [-0.1, -0.05) is 69.3 Å². The topological polar surface area (TPSA) is 214 Å². The molecule has 0 bridgehead atoms. The van der Waals surface area contributed by atoms with Crippen LogP contribution in [0.4, 0.5) is 0 Å². The number of aliphatic carboxylic acids is 1. The molecule has 16 nitrogen and oxygen atoms in total. The summed E-state index contributed by atoms with van der Waals surface area (Å²) in [5.41, 5.74) is 8.86. The number of amides is 3. The summed E-state index contributed by atoms with van der Waals surface area (Å²) in [7, 11) is 0. The van der Waals surface area contributed by atoms with E-state index in [2.05, 4.69) is 30.8 Å². The number of benzene rings is 2. The summed E-state index contributed by atoms with van der Waals surface area (Å²) in [6, 6.07) is 16.0. The third kappa shape index (κ3) is 9.78. The number of ether oxygens (including phenoxy) is 1. The Morgan fingerprint density at radius 2 is 1.61 bits per heavy atom. The number of aliphatic imine (C=N–C) groups is 1. The number of pyridine rings is 1. The van der Waals surface area contributed by atoms with Crippen LogP contribution >= 0.6 is 22.7 Å². The Morgan fingerprint density at radius 1 is 0.910 bits per heavy atom. The van der Waals surface area contributed by atoms with Crippen molar-refractivity contribution in [2.45, 2.75) is 98.5 Å². The Hall–Kier alpha value is -6.63. The lowest BCUT2D eigenvalue weighted by Crippen LogP contribution is -2.58. The molecule has 0 saturated carbocycles. The molecule has 6 heterocycles. The number of β-amino-alcohol motifs (C(OH)–C–C–N with tert-alkyl or cyclic N) is 1. The molecule has 5 atom stereocenters. The summed E-state index contributed by atoms with van der Waals surface area (Å²) < 4.78 is 7.74. The first-order valence-corrected chi connectivity index (χ1v) is 23.7. The van der Waals surface area contributed by atoms with Gasteiger partial charge in [0.25, 0.3) is 5.91 Å². The Kier molecular flexibility index (Phi) is 13.2. The molecule has 4 N–H and O–H groups in total. The van der Waals surface area contributed by atoms with E-state index in [0.717, 1.165) is 53.8 Å². The van der Waals surface area contributed by atoms with Gasteiger partial charge in [-0.15, -0.1) is 32.9 Å². The van der Waals surface area contributed by atoms with Gasteiger partial charge in [-0.05, 0) is 68.9 Å². The van der Waals surface area contributed by atoms with Crippen molar-refractivity contribution in [3.63, 3.8) is 0 Å². The number of fused-ring (bicyclic) bond motifs is 3. The molecule has 1 saturated heterocycles.